The van der Waals surface area contributed by atoms with Gasteiger partial charge < -0.3 is 4.52 Å². The summed E-state index contributed by atoms with van der Waals surface area (Å²) in [6.07, 6.45) is 0. The summed E-state index contributed by atoms with van der Waals surface area (Å²) in [5, 5.41) is 8.66. The molecular weight excluding hydrogens is 318 g/mol. The normalized spacial score (nSPS) is 11.6. The van der Waals surface area contributed by atoms with Gasteiger partial charge >= 0.3 is 0 Å². The first-order chi connectivity index (χ1) is 11.4. The van der Waals surface area contributed by atoms with E-state index in [2.05, 4.69) is 10.3 Å². The zero-order valence-corrected chi connectivity index (χ0v) is 13.5. The Bertz CT molecular complexity index is 965. The van der Waals surface area contributed by atoms with Crippen LogP contribution in [-0.4, -0.2) is 26.9 Å². The van der Waals surface area contributed by atoms with Crippen molar-refractivity contribution in [2.24, 2.45) is 0 Å². The lowest BCUT2D eigenvalue weighted by Crippen LogP contribution is -2.32. The molecule has 0 fully saturated rings. The lowest BCUT2D eigenvalue weighted by molar-refractivity contribution is 0.237. The molecule has 8 heteroatoms. The number of benzene rings is 1. The van der Waals surface area contributed by atoms with E-state index in [0.717, 1.165) is 6.07 Å². The number of halogens is 2. The lowest BCUT2D eigenvalue weighted by atomic mass is 10.2. The van der Waals surface area contributed by atoms with Crippen LogP contribution in [0.3, 0.4) is 0 Å². The van der Waals surface area contributed by atoms with Crippen LogP contribution in [0.25, 0.3) is 10.9 Å². The second-order valence-corrected chi connectivity index (χ2v) is 5.74. The lowest BCUT2D eigenvalue weighted by Gasteiger charge is -2.18. The van der Waals surface area contributed by atoms with Crippen molar-refractivity contribution in [2.45, 2.75) is 27.1 Å². The fourth-order valence-corrected chi connectivity index (χ4v) is 2.66. The summed E-state index contributed by atoms with van der Waals surface area (Å²) in [6.45, 7) is 3.83. The summed E-state index contributed by atoms with van der Waals surface area (Å²) >= 11 is 0. The predicted octanol–water partition coefficient (Wildman–Crippen LogP) is 2.37. The molecule has 24 heavy (non-hydrogen) atoms. The fraction of sp³-hybridized carbons (Fsp3) is 0.312. The molecule has 1 aromatic carbocycles. The Kier molecular flexibility index (Phi) is 4.15. The van der Waals surface area contributed by atoms with Crippen molar-refractivity contribution in [3.63, 3.8) is 0 Å². The van der Waals surface area contributed by atoms with Crippen LogP contribution in [0.15, 0.2) is 27.5 Å². The molecule has 0 atom stereocenters. The Labute approximate surface area is 136 Å². The zero-order valence-electron chi connectivity index (χ0n) is 13.5. The van der Waals surface area contributed by atoms with E-state index >= 15 is 0 Å². The first-order valence-corrected chi connectivity index (χ1v) is 7.33. The third-order valence-corrected chi connectivity index (χ3v) is 3.76. The third kappa shape index (κ3) is 2.92. The topological polar surface area (TPSA) is 64.2 Å². The molecular formula is C16H16F2N4O2. The highest BCUT2D eigenvalue weighted by Crippen LogP contribution is 2.17. The van der Waals surface area contributed by atoms with Gasteiger partial charge in [-0.25, -0.2) is 13.5 Å². The minimum atomic E-state index is -0.626. The molecule has 0 spiro atoms. The van der Waals surface area contributed by atoms with Crippen molar-refractivity contribution in [3.05, 3.63) is 57.2 Å². The number of nitrogens with zero attached hydrogens (tertiary/aromatic N) is 4. The highest BCUT2D eigenvalue weighted by molar-refractivity contribution is 5.81. The van der Waals surface area contributed by atoms with Crippen molar-refractivity contribution in [2.75, 3.05) is 7.05 Å². The van der Waals surface area contributed by atoms with Crippen LogP contribution >= 0.6 is 0 Å². The van der Waals surface area contributed by atoms with Gasteiger partial charge in [-0.1, -0.05) is 11.2 Å². The average Bonchev–Trinajstić information content (AvgIpc) is 2.90. The molecule has 0 bridgehead atoms. The quantitative estimate of drug-likeness (QED) is 0.733. The van der Waals surface area contributed by atoms with Gasteiger partial charge in [0, 0.05) is 18.2 Å². The summed E-state index contributed by atoms with van der Waals surface area (Å²) in [6, 6.07) is 3.42. The van der Waals surface area contributed by atoms with Crippen molar-refractivity contribution in [3.8, 4) is 0 Å². The Morgan fingerprint density at radius 1 is 1.29 bits per heavy atom. The largest absolute Gasteiger partial charge is 0.360 e. The van der Waals surface area contributed by atoms with Crippen LogP contribution in [-0.2, 0) is 13.2 Å². The van der Waals surface area contributed by atoms with Crippen LogP contribution in [0.1, 0.15) is 17.0 Å². The number of rotatable bonds is 4. The standard InChI is InChI=1S/C16H16F2N4O2/c1-9-14-10(2)24-20-15(14)16(23)22(19-9)8-21(3)7-11-4-5-12(17)6-13(11)18/h4-6H,7-8H2,1-3H3. The molecule has 3 rings (SSSR count). The number of aromatic nitrogens is 3. The van der Waals surface area contributed by atoms with E-state index in [9.17, 15) is 13.6 Å². The first-order valence-electron chi connectivity index (χ1n) is 7.33. The van der Waals surface area contributed by atoms with Gasteiger partial charge in [-0.05, 0) is 27.0 Å². The maximum Gasteiger partial charge on any atom is 0.298 e. The summed E-state index contributed by atoms with van der Waals surface area (Å²) in [7, 11) is 1.71. The third-order valence-electron chi connectivity index (χ3n) is 3.76. The Morgan fingerprint density at radius 2 is 2.04 bits per heavy atom. The van der Waals surface area contributed by atoms with E-state index in [1.165, 1.54) is 16.8 Å². The molecule has 0 saturated heterocycles. The van der Waals surface area contributed by atoms with Crippen LogP contribution in [0.5, 0.6) is 0 Å². The highest BCUT2D eigenvalue weighted by Gasteiger charge is 2.16. The molecule has 2 heterocycles. The molecule has 0 radical (unpaired) electrons. The number of aryl methyl sites for hydroxylation is 2. The summed E-state index contributed by atoms with van der Waals surface area (Å²) in [5.74, 6) is -0.707. The van der Waals surface area contributed by atoms with E-state index < -0.39 is 11.6 Å². The molecule has 0 N–H and O–H groups in total. The van der Waals surface area contributed by atoms with E-state index in [1.54, 1.807) is 25.8 Å². The SMILES string of the molecule is Cc1nn(CN(C)Cc2ccc(F)cc2F)c(=O)c2noc(C)c12. The predicted molar refractivity (Wildman–Crippen MR) is 83.4 cm³/mol. The fourth-order valence-electron chi connectivity index (χ4n) is 2.66. The zero-order chi connectivity index (χ0) is 17.4. The minimum absolute atomic E-state index is 0.137. The highest BCUT2D eigenvalue weighted by atomic mass is 19.1. The van der Waals surface area contributed by atoms with Crippen molar-refractivity contribution in [1.29, 1.82) is 0 Å². The van der Waals surface area contributed by atoms with Gasteiger partial charge in [-0.3, -0.25) is 9.69 Å². The monoisotopic (exact) mass is 334 g/mol. The molecule has 3 aromatic rings. The van der Waals surface area contributed by atoms with E-state index in [4.69, 9.17) is 4.52 Å². The molecule has 0 saturated carbocycles. The van der Waals surface area contributed by atoms with E-state index in [0.29, 0.717) is 22.4 Å². The van der Waals surface area contributed by atoms with Gasteiger partial charge in [0.05, 0.1) is 17.7 Å². The van der Waals surface area contributed by atoms with Gasteiger partial charge in [0.2, 0.25) is 0 Å². The molecule has 0 unspecified atom stereocenters. The van der Waals surface area contributed by atoms with Crippen LogP contribution < -0.4 is 5.56 Å². The number of fused-ring (bicyclic) bond motifs is 1. The van der Waals surface area contributed by atoms with Crippen molar-refractivity contribution >= 4 is 10.9 Å². The average molecular weight is 334 g/mol. The van der Waals surface area contributed by atoms with E-state index in [-0.39, 0.29) is 24.3 Å². The van der Waals surface area contributed by atoms with Crippen molar-refractivity contribution in [1.82, 2.24) is 19.8 Å². The molecule has 0 aliphatic rings. The second kappa shape index (κ2) is 6.12. The van der Waals surface area contributed by atoms with Gasteiger partial charge in [0.1, 0.15) is 17.4 Å². The van der Waals surface area contributed by atoms with Crippen LogP contribution in [0.2, 0.25) is 0 Å². The summed E-state index contributed by atoms with van der Waals surface area (Å²) in [4.78, 5) is 14.1. The Hall–Kier alpha value is -2.61. The van der Waals surface area contributed by atoms with Crippen LogP contribution in [0.4, 0.5) is 8.78 Å². The molecule has 126 valence electrons. The molecule has 0 amide bonds. The van der Waals surface area contributed by atoms with E-state index in [1.807, 2.05) is 0 Å². The maximum absolute atomic E-state index is 13.7. The second-order valence-electron chi connectivity index (χ2n) is 5.74. The number of hydrogen-bond donors (Lipinski definition) is 0. The van der Waals surface area contributed by atoms with Gasteiger partial charge in [0.15, 0.2) is 5.52 Å². The molecule has 0 aliphatic carbocycles. The molecule has 6 nitrogen and oxygen atoms in total. The summed E-state index contributed by atoms with van der Waals surface area (Å²) in [5.41, 5.74) is 0.812. The molecule has 2 aromatic heterocycles. The smallest absolute Gasteiger partial charge is 0.298 e. The van der Waals surface area contributed by atoms with Gasteiger partial charge in [-0.15, -0.1) is 0 Å². The minimum Gasteiger partial charge on any atom is -0.360 e. The van der Waals surface area contributed by atoms with Gasteiger partial charge in [-0.2, -0.15) is 5.10 Å². The number of hydrogen-bond acceptors (Lipinski definition) is 5. The van der Waals surface area contributed by atoms with Crippen molar-refractivity contribution < 1.29 is 13.3 Å². The Balaban J connectivity index is 1.87. The van der Waals surface area contributed by atoms with Gasteiger partial charge in [0.25, 0.3) is 5.56 Å². The van der Waals surface area contributed by atoms with Crippen LogP contribution in [0, 0.1) is 25.5 Å². The summed E-state index contributed by atoms with van der Waals surface area (Å²) < 4.78 is 33.0. The maximum atomic E-state index is 13.7. The first kappa shape index (κ1) is 16.3. The molecule has 0 aliphatic heterocycles. The Morgan fingerprint density at radius 3 is 2.75 bits per heavy atom.